The highest BCUT2D eigenvalue weighted by atomic mass is 35.5. The maximum atomic E-state index is 12.5. The first-order valence-electron chi connectivity index (χ1n) is 9.46. The van der Waals surface area contributed by atoms with Crippen LogP contribution in [0.15, 0.2) is 36.4 Å². The maximum Gasteiger partial charge on any atom is 0.243 e. The van der Waals surface area contributed by atoms with E-state index < -0.39 is 5.92 Å². The lowest BCUT2D eigenvalue weighted by atomic mass is 10.1. The topological polar surface area (TPSA) is 78.5 Å². The number of aryl methyl sites for hydroxylation is 2. The maximum absolute atomic E-state index is 12.5. The van der Waals surface area contributed by atoms with E-state index in [0.717, 1.165) is 22.4 Å². The SMILES string of the molecule is Cc1ccc(NC(=O)CNC(=O)C2CC(=O)N(c3cccc(C)c3C)C2)c(Cl)c1. The van der Waals surface area contributed by atoms with Crippen LogP contribution in [0.2, 0.25) is 5.02 Å². The fraction of sp³-hybridized carbons (Fsp3) is 0.318. The van der Waals surface area contributed by atoms with Gasteiger partial charge in [0.2, 0.25) is 17.7 Å². The molecule has 2 N–H and O–H groups in total. The summed E-state index contributed by atoms with van der Waals surface area (Å²) in [5.41, 5.74) is 4.43. The van der Waals surface area contributed by atoms with Crippen molar-refractivity contribution in [3.05, 3.63) is 58.1 Å². The third kappa shape index (κ3) is 4.77. The van der Waals surface area contributed by atoms with Gasteiger partial charge in [-0.2, -0.15) is 0 Å². The number of carbonyl (C=O) groups is 3. The Balaban J connectivity index is 1.56. The molecule has 2 aromatic rings. The summed E-state index contributed by atoms with van der Waals surface area (Å²) in [7, 11) is 0. The minimum absolute atomic E-state index is 0.0882. The van der Waals surface area contributed by atoms with Gasteiger partial charge in [-0.05, 0) is 55.7 Å². The predicted molar refractivity (Wildman–Crippen MR) is 114 cm³/mol. The number of hydrogen-bond acceptors (Lipinski definition) is 3. The van der Waals surface area contributed by atoms with Crippen molar-refractivity contribution < 1.29 is 14.4 Å². The fourth-order valence-electron chi connectivity index (χ4n) is 3.37. The van der Waals surface area contributed by atoms with Crippen LogP contribution in [0, 0.1) is 26.7 Å². The summed E-state index contributed by atoms with van der Waals surface area (Å²) in [6.45, 7) is 5.98. The Morgan fingerprint density at radius 2 is 1.93 bits per heavy atom. The van der Waals surface area contributed by atoms with Crippen molar-refractivity contribution in [2.75, 3.05) is 23.3 Å². The Labute approximate surface area is 175 Å². The van der Waals surface area contributed by atoms with Gasteiger partial charge in [0.05, 0.1) is 23.2 Å². The van der Waals surface area contributed by atoms with E-state index in [1.54, 1.807) is 17.0 Å². The Morgan fingerprint density at radius 1 is 1.17 bits per heavy atom. The highest BCUT2D eigenvalue weighted by molar-refractivity contribution is 6.33. The summed E-state index contributed by atoms with van der Waals surface area (Å²) in [6.07, 6.45) is 0.130. The van der Waals surface area contributed by atoms with E-state index in [4.69, 9.17) is 11.6 Å². The van der Waals surface area contributed by atoms with Crippen molar-refractivity contribution >= 4 is 40.7 Å². The number of nitrogens with one attached hydrogen (secondary N) is 2. The van der Waals surface area contributed by atoms with Gasteiger partial charge in [-0.3, -0.25) is 14.4 Å². The molecule has 1 aliphatic heterocycles. The third-order valence-electron chi connectivity index (χ3n) is 5.18. The molecule has 29 heavy (non-hydrogen) atoms. The minimum Gasteiger partial charge on any atom is -0.347 e. The van der Waals surface area contributed by atoms with Gasteiger partial charge in [0, 0.05) is 18.7 Å². The average Bonchev–Trinajstić information content (AvgIpc) is 3.06. The van der Waals surface area contributed by atoms with Gasteiger partial charge in [0.1, 0.15) is 0 Å². The molecule has 3 amide bonds. The van der Waals surface area contributed by atoms with E-state index in [1.165, 1.54) is 0 Å². The molecule has 0 aliphatic carbocycles. The second-order valence-corrected chi connectivity index (χ2v) is 7.78. The Hall–Kier alpha value is -2.86. The molecule has 1 fully saturated rings. The second-order valence-electron chi connectivity index (χ2n) is 7.37. The molecule has 0 bridgehead atoms. The smallest absolute Gasteiger partial charge is 0.243 e. The van der Waals surface area contributed by atoms with E-state index in [0.29, 0.717) is 17.3 Å². The summed E-state index contributed by atoms with van der Waals surface area (Å²) in [5.74, 6) is -1.26. The van der Waals surface area contributed by atoms with Crippen LogP contribution in [0.1, 0.15) is 23.1 Å². The molecule has 1 heterocycles. The van der Waals surface area contributed by atoms with Crippen LogP contribution in [0.4, 0.5) is 11.4 Å². The second kappa shape index (κ2) is 8.66. The van der Waals surface area contributed by atoms with Crippen molar-refractivity contribution in [1.29, 1.82) is 0 Å². The molecule has 1 saturated heterocycles. The van der Waals surface area contributed by atoms with Crippen LogP contribution < -0.4 is 15.5 Å². The molecular weight excluding hydrogens is 390 g/mol. The Morgan fingerprint density at radius 3 is 2.66 bits per heavy atom. The van der Waals surface area contributed by atoms with Crippen LogP contribution in [-0.2, 0) is 14.4 Å². The molecule has 1 atom stereocenters. The van der Waals surface area contributed by atoms with Gasteiger partial charge in [-0.25, -0.2) is 0 Å². The van der Waals surface area contributed by atoms with E-state index in [1.807, 2.05) is 45.0 Å². The molecular formula is C22H24ClN3O3. The highest BCUT2D eigenvalue weighted by Crippen LogP contribution is 2.29. The minimum atomic E-state index is -0.488. The van der Waals surface area contributed by atoms with Crippen LogP contribution in [0.3, 0.4) is 0 Å². The standard InChI is InChI=1S/C22H24ClN3O3/c1-13-7-8-18(17(23)9-13)25-20(27)11-24-22(29)16-10-21(28)26(12-16)19-6-4-5-14(2)15(19)3/h4-9,16H,10-12H2,1-3H3,(H,24,29)(H,25,27). The molecule has 0 radical (unpaired) electrons. The molecule has 1 aliphatic rings. The molecule has 7 heteroatoms. The van der Waals surface area contributed by atoms with Crippen LogP contribution in [-0.4, -0.2) is 30.8 Å². The Bertz CT molecular complexity index is 974. The van der Waals surface area contributed by atoms with Gasteiger partial charge < -0.3 is 15.5 Å². The monoisotopic (exact) mass is 413 g/mol. The number of nitrogens with zero attached hydrogens (tertiary/aromatic N) is 1. The van der Waals surface area contributed by atoms with Gasteiger partial charge in [0.15, 0.2) is 0 Å². The van der Waals surface area contributed by atoms with E-state index in [-0.39, 0.29) is 30.7 Å². The summed E-state index contributed by atoms with van der Waals surface area (Å²) < 4.78 is 0. The largest absolute Gasteiger partial charge is 0.347 e. The number of hydrogen-bond donors (Lipinski definition) is 2. The van der Waals surface area contributed by atoms with Gasteiger partial charge in [-0.1, -0.05) is 29.8 Å². The lowest BCUT2D eigenvalue weighted by Gasteiger charge is -2.20. The summed E-state index contributed by atoms with van der Waals surface area (Å²) in [4.78, 5) is 38.7. The molecule has 1 unspecified atom stereocenters. The lowest BCUT2D eigenvalue weighted by molar-refractivity contribution is -0.127. The number of rotatable bonds is 5. The zero-order valence-electron chi connectivity index (χ0n) is 16.7. The predicted octanol–water partition coefficient (Wildman–Crippen LogP) is 3.37. The van der Waals surface area contributed by atoms with Crippen molar-refractivity contribution in [3.8, 4) is 0 Å². The number of carbonyl (C=O) groups excluding carboxylic acids is 3. The Kier molecular flexibility index (Phi) is 6.23. The third-order valence-corrected chi connectivity index (χ3v) is 5.50. The van der Waals surface area contributed by atoms with Gasteiger partial charge in [0.25, 0.3) is 0 Å². The molecule has 2 aromatic carbocycles. The molecule has 152 valence electrons. The van der Waals surface area contributed by atoms with Gasteiger partial charge >= 0.3 is 0 Å². The summed E-state index contributed by atoms with van der Waals surface area (Å²) in [5, 5.41) is 5.74. The van der Waals surface area contributed by atoms with E-state index >= 15 is 0 Å². The number of benzene rings is 2. The van der Waals surface area contributed by atoms with Crippen LogP contribution >= 0.6 is 11.6 Å². The summed E-state index contributed by atoms with van der Waals surface area (Å²) >= 11 is 6.11. The lowest BCUT2D eigenvalue weighted by Crippen LogP contribution is -2.38. The van der Waals surface area contributed by atoms with Crippen molar-refractivity contribution in [1.82, 2.24) is 5.32 Å². The average molecular weight is 414 g/mol. The zero-order chi connectivity index (χ0) is 21.1. The van der Waals surface area contributed by atoms with Crippen molar-refractivity contribution in [3.63, 3.8) is 0 Å². The van der Waals surface area contributed by atoms with E-state index in [2.05, 4.69) is 10.6 Å². The van der Waals surface area contributed by atoms with Crippen molar-refractivity contribution in [2.45, 2.75) is 27.2 Å². The number of amides is 3. The first-order valence-corrected chi connectivity index (χ1v) is 9.84. The molecule has 0 saturated carbocycles. The first-order chi connectivity index (χ1) is 13.8. The number of anilines is 2. The normalized spacial score (nSPS) is 16.1. The zero-order valence-corrected chi connectivity index (χ0v) is 17.5. The quantitative estimate of drug-likeness (QED) is 0.788. The van der Waals surface area contributed by atoms with E-state index in [9.17, 15) is 14.4 Å². The fourth-order valence-corrected chi connectivity index (χ4v) is 3.65. The first kappa shape index (κ1) is 20.9. The molecule has 0 aromatic heterocycles. The van der Waals surface area contributed by atoms with Crippen LogP contribution in [0.25, 0.3) is 0 Å². The molecule has 3 rings (SSSR count). The highest BCUT2D eigenvalue weighted by Gasteiger charge is 2.35. The molecule has 6 nitrogen and oxygen atoms in total. The van der Waals surface area contributed by atoms with Crippen LogP contribution in [0.5, 0.6) is 0 Å². The number of halogens is 1. The summed E-state index contributed by atoms with van der Waals surface area (Å²) in [6, 6.07) is 11.1. The van der Waals surface area contributed by atoms with Crippen molar-refractivity contribution in [2.24, 2.45) is 5.92 Å². The molecule has 0 spiro atoms. The van der Waals surface area contributed by atoms with Gasteiger partial charge in [-0.15, -0.1) is 0 Å².